The molecular formula is C15H23BrN2O2. The summed E-state index contributed by atoms with van der Waals surface area (Å²) in [5.41, 5.74) is 1.20. The van der Waals surface area contributed by atoms with Gasteiger partial charge < -0.3 is 19.7 Å². The SMILES string of the molecule is CCN(CC)CC(C)NCc1cc(Br)c2c(c1)OCO2. The normalized spacial score (nSPS) is 14.8. The van der Waals surface area contributed by atoms with Crippen molar-refractivity contribution in [3.8, 4) is 11.5 Å². The number of ether oxygens (including phenoxy) is 2. The van der Waals surface area contributed by atoms with Crippen LogP contribution in [-0.4, -0.2) is 37.4 Å². The highest BCUT2D eigenvalue weighted by Gasteiger charge is 2.18. The second kappa shape index (κ2) is 7.29. The zero-order valence-corrected chi connectivity index (χ0v) is 14.0. The quantitative estimate of drug-likeness (QED) is 0.825. The molecule has 0 aliphatic carbocycles. The maximum absolute atomic E-state index is 5.44. The van der Waals surface area contributed by atoms with E-state index in [1.807, 2.05) is 6.07 Å². The number of fused-ring (bicyclic) bond motifs is 1. The summed E-state index contributed by atoms with van der Waals surface area (Å²) in [6.07, 6.45) is 0. The van der Waals surface area contributed by atoms with Crippen LogP contribution in [0.15, 0.2) is 16.6 Å². The summed E-state index contributed by atoms with van der Waals surface area (Å²) in [5.74, 6) is 1.64. The molecule has 0 saturated heterocycles. The van der Waals surface area contributed by atoms with E-state index in [2.05, 4.69) is 53.0 Å². The zero-order chi connectivity index (χ0) is 14.5. The third-order valence-electron chi connectivity index (χ3n) is 3.57. The van der Waals surface area contributed by atoms with Crippen LogP contribution in [0.25, 0.3) is 0 Å². The molecule has 2 rings (SSSR count). The monoisotopic (exact) mass is 342 g/mol. The molecule has 112 valence electrons. The molecule has 0 aromatic heterocycles. The van der Waals surface area contributed by atoms with Crippen molar-refractivity contribution in [2.75, 3.05) is 26.4 Å². The Kier molecular flexibility index (Phi) is 5.69. The molecule has 1 atom stereocenters. The summed E-state index contributed by atoms with van der Waals surface area (Å²) in [7, 11) is 0. The van der Waals surface area contributed by atoms with Crippen LogP contribution in [0.1, 0.15) is 26.3 Å². The van der Waals surface area contributed by atoms with Crippen LogP contribution in [0.2, 0.25) is 0 Å². The number of hydrogen-bond donors (Lipinski definition) is 1. The number of likely N-dealkylation sites (N-methyl/N-ethyl adjacent to an activating group) is 1. The van der Waals surface area contributed by atoms with E-state index in [0.29, 0.717) is 12.8 Å². The minimum atomic E-state index is 0.309. The van der Waals surface area contributed by atoms with Crippen LogP contribution in [0.5, 0.6) is 11.5 Å². The highest BCUT2D eigenvalue weighted by molar-refractivity contribution is 9.10. The second-order valence-corrected chi connectivity index (χ2v) is 5.93. The van der Waals surface area contributed by atoms with Crippen LogP contribution in [0.3, 0.4) is 0 Å². The van der Waals surface area contributed by atoms with E-state index in [1.165, 1.54) is 5.56 Å². The molecule has 0 amide bonds. The number of nitrogens with one attached hydrogen (secondary N) is 1. The maximum atomic E-state index is 5.44. The lowest BCUT2D eigenvalue weighted by Gasteiger charge is -2.23. The molecule has 0 fully saturated rings. The molecule has 1 aliphatic heterocycles. The summed E-state index contributed by atoms with van der Waals surface area (Å²) >= 11 is 3.53. The van der Waals surface area contributed by atoms with E-state index in [-0.39, 0.29) is 0 Å². The van der Waals surface area contributed by atoms with Crippen molar-refractivity contribution < 1.29 is 9.47 Å². The average Bonchev–Trinajstić information content (AvgIpc) is 2.91. The molecule has 0 spiro atoms. The maximum Gasteiger partial charge on any atom is 0.231 e. The van der Waals surface area contributed by atoms with E-state index < -0.39 is 0 Å². The van der Waals surface area contributed by atoms with Crippen LogP contribution >= 0.6 is 15.9 Å². The van der Waals surface area contributed by atoms with Gasteiger partial charge in [-0.25, -0.2) is 0 Å². The Labute approximate surface area is 129 Å². The van der Waals surface area contributed by atoms with Crippen molar-refractivity contribution in [1.29, 1.82) is 0 Å². The Morgan fingerprint density at radius 3 is 2.75 bits per heavy atom. The lowest BCUT2D eigenvalue weighted by atomic mass is 10.2. The fourth-order valence-electron chi connectivity index (χ4n) is 2.35. The molecular weight excluding hydrogens is 320 g/mol. The first-order chi connectivity index (χ1) is 9.63. The van der Waals surface area contributed by atoms with Crippen molar-refractivity contribution in [2.24, 2.45) is 0 Å². The summed E-state index contributed by atoms with van der Waals surface area (Å²) < 4.78 is 11.8. The van der Waals surface area contributed by atoms with Gasteiger partial charge in [0.15, 0.2) is 11.5 Å². The van der Waals surface area contributed by atoms with Gasteiger partial charge in [0.05, 0.1) is 4.47 Å². The van der Waals surface area contributed by atoms with Crippen LogP contribution in [-0.2, 0) is 6.54 Å². The van der Waals surface area contributed by atoms with Crippen LogP contribution in [0, 0.1) is 0 Å². The smallest absolute Gasteiger partial charge is 0.231 e. The molecule has 0 bridgehead atoms. The standard InChI is InChI=1S/C15H23BrN2O2/c1-4-18(5-2)9-11(3)17-8-12-6-13(16)15-14(7-12)19-10-20-15/h6-7,11,17H,4-5,8-10H2,1-3H3. The molecule has 4 nitrogen and oxygen atoms in total. The Bertz CT molecular complexity index is 450. The number of rotatable bonds is 7. The van der Waals surface area contributed by atoms with Crippen molar-refractivity contribution in [3.05, 3.63) is 22.2 Å². The van der Waals surface area contributed by atoms with Gasteiger partial charge >= 0.3 is 0 Å². The summed E-state index contributed by atoms with van der Waals surface area (Å²) in [6, 6.07) is 4.59. The number of halogens is 1. The zero-order valence-electron chi connectivity index (χ0n) is 12.4. The fourth-order valence-corrected chi connectivity index (χ4v) is 2.95. The Hall–Kier alpha value is -0.780. The lowest BCUT2D eigenvalue weighted by molar-refractivity contribution is 0.173. The minimum Gasteiger partial charge on any atom is -0.454 e. The molecule has 1 aromatic rings. The summed E-state index contributed by atoms with van der Waals surface area (Å²) in [5, 5.41) is 3.56. The van der Waals surface area contributed by atoms with Crippen molar-refractivity contribution >= 4 is 15.9 Å². The first-order valence-electron chi connectivity index (χ1n) is 7.17. The molecule has 1 aromatic carbocycles. The molecule has 1 heterocycles. The highest BCUT2D eigenvalue weighted by atomic mass is 79.9. The molecule has 1 aliphatic rings. The minimum absolute atomic E-state index is 0.309. The van der Waals surface area contributed by atoms with Gasteiger partial charge in [0.25, 0.3) is 0 Å². The third kappa shape index (κ3) is 3.87. The van der Waals surface area contributed by atoms with Crippen molar-refractivity contribution in [1.82, 2.24) is 10.2 Å². The largest absolute Gasteiger partial charge is 0.454 e. The predicted octanol–water partition coefficient (Wildman–Crippen LogP) is 3.00. The fraction of sp³-hybridized carbons (Fsp3) is 0.600. The Balaban J connectivity index is 1.89. The van der Waals surface area contributed by atoms with E-state index in [4.69, 9.17) is 9.47 Å². The van der Waals surface area contributed by atoms with Crippen LogP contribution in [0.4, 0.5) is 0 Å². The lowest BCUT2D eigenvalue weighted by Crippen LogP contribution is -2.38. The van der Waals surface area contributed by atoms with E-state index >= 15 is 0 Å². The number of nitrogens with zero attached hydrogens (tertiary/aromatic N) is 1. The molecule has 5 heteroatoms. The molecule has 20 heavy (non-hydrogen) atoms. The number of hydrogen-bond acceptors (Lipinski definition) is 4. The van der Waals surface area contributed by atoms with Gasteiger partial charge in [-0.15, -0.1) is 0 Å². The van der Waals surface area contributed by atoms with Crippen molar-refractivity contribution in [2.45, 2.75) is 33.4 Å². The number of benzene rings is 1. The van der Waals surface area contributed by atoms with Gasteiger partial charge in [-0.2, -0.15) is 0 Å². The molecule has 0 saturated carbocycles. The Morgan fingerprint density at radius 1 is 1.30 bits per heavy atom. The van der Waals surface area contributed by atoms with E-state index in [0.717, 1.165) is 42.2 Å². The second-order valence-electron chi connectivity index (χ2n) is 5.08. The first-order valence-corrected chi connectivity index (χ1v) is 7.97. The topological polar surface area (TPSA) is 33.7 Å². The van der Waals surface area contributed by atoms with Crippen LogP contribution < -0.4 is 14.8 Å². The van der Waals surface area contributed by atoms with Crippen molar-refractivity contribution in [3.63, 3.8) is 0 Å². The third-order valence-corrected chi connectivity index (χ3v) is 4.16. The summed E-state index contributed by atoms with van der Waals surface area (Å²) in [6.45, 7) is 11.0. The molecule has 1 N–H and O–H groups in total. The average molecular weight is 343 g/mol. The van der Waals surface area contributed by atoms with E-state index in [1.54, 1.807) is 0 Å². The first kappa shape index (κ1) is 15.6. The highest BCUT2D eigenvalue weighted by Crippen LogP contribution is 2.39. The van der Waals surface area contributed by atoms with E-state index in [9.17, 15) is 0 Å². The summed E-state index contributed by atoms with van der Waals surface area (Å²) in [4.78, 5) is 2.42. The molecule has 0 radical (unpaired) electrons. The van der Waals surface area contributed by atoms with Gasteiger partial charge in [-0.1, -0.05) is 13.8 Å². The van der Waals surface area contributed by atoms with Gasteiger partial charge in [-0.3, -0.25) is 0 Å². The van der Waals surface area contributed by atoms with Gasteiger partial charge in [0.2, 0.25) is 6.79 Å². The van der Waals surface area contributed by atoms with Gasteiger partial charge in [0, 0.05) is 19.1 Å². The Morgan fingerprint density at radius 2 is 2.05 bits per heavy atom. The van der Waals surface area contributed by atoms with Gasteiger partial charge in [0.1, 0.15) is 0 Å². The predicted molar refractivity (Wildman–Crippen MR) is 84.4 cm³/mol. The van der Waals surface area contributed by atoms with Gasteiger partial charge in [-0.05, 0) is 53.6 Å². The molecule has 1 unspecified atom stereocenters.